The average Bonchev–Trinajstić information content (AvgIpc) is 3.26. The van der Waals surface area contributed by atoms with Crippen LogP contribution in [0.15, 0.2) is 59.5 Å². The van der Waals surface area contributed by atoms with Crippen molar-refractivity contribution in [3.63, 3.8) is 0 Å². The number of ether oxygens (including phenoxy) is 4. The molecule has 0 unspecified atom stereocenters. The van der Waals surface area contributed by atoms with Crippen molar-refractivity contribution in [2.45, 2.75) is 13.2 Å². The zero-order valence-electron chi connectivity index (χ0n) is 17.2. The molecule has 0 fully saturated rings. The van der Waals surface area contributed by atoms with Gasteiger partial charge in [0.1, 0.15) is 18.1 Å². The zero-order chi connectivity index (χ0) is 21.8. The fraction of sp³-hybridized carbons (Fsp3) is 0.217. The van der Waals surface area contributed by atoms with Crippen molar-refractivity contribution in [1.82, 2.24) is 9.88 Å². The average molecular weight is 422 g/mol. The molecule has 1 N–H and O–H groups in total. The monoisotopic (exact) mass is 422 g/mol. The number of amides is 1. The van der Waals surface area contributed by atoms with Crippen LogP contribution in [0.1, 0.15) is 21.6 Å². The van der Waals surface area contributed by atoms with Crippen molar-refractivity contribution in [3.8, 4) is 23.0 Å². The molecule has 1 amide bonds. The van der Waals surface area contributed by atoms with Crippen LogP contribution >= 0.6 is 0 Å². The number of nitrogens with one attached hydrogen (secondary N) is 1. The van der Waals surface area contributed by atoms with E-state index in [1.165, 1.54) is 12.3 Å². The third-order valence-electron chi connectivity index (χ3n) is 4.85. The molecule has 0 spiro atoms. The van der Waals surface area contributed by atoms with Crippen molar-refractivity contribution in [1.29, 1.82) is 0 Å². The van der Waals surface area contributed by atoms with Crippen LogP contribution in [0, 0.1) is 0 Å². The molecule has 1 aliphatic heterocycles. The summed E-state index contributed by atoms with van der Waals surface area (Å²) >= 11 is 0. The first kappa shape index (κ1) is 20.3. The number of carbonyl (C=O) groups is 1. The fourth-order valence-corrected chi connectivity index (χ4v) is 3.19. The minimum atomic E-state index is -0.366. The van der Waals surface area contributed by atoms with Gasteiger partial charge in [-0.1, -0.05) is 18.2 Å². The Balaban J connectivity index is 1.41. The van der Waals surface area contributed by atoms with Crippen LogP contribution in [0.25, 0.3) is 0 Å². The minimum absolute atomic E-state index is 0.164. The van der Waals surface area contributed by atoms with E-state index in [4.69, 9.17) is 18.9 Å². The molecule has 0 atom stereocenters. The third kappa shape index (κ3) is 4.63. The Labute approximate surface area is 178 Å². The third-order valence-corrected chi connectivity index (χ3v) is 4.85. The molecule has 0 saturated carbocycles. The summed E-state index contributed by atoms with van der Waals surface area (Å²) in [6.07, 6.45) is 1.51. The standard InChI is InChI=1S/C23H22N2O6/c1-25-12-22(29-13-16-4-3-5-17(8-16)28-2)19(26)10-18(25)23(27)24-11-15-6-7-20-21(9-15)31-14-30-20/h3-10,12H,11,13-14H2,1-2H3,(H,24,27). The maximum atomic E-state index is 12.6. The molecule has 0 radical (unpaired) electrons. The number of fused-ring (bicyclic) bond motifs is 1. The van der Waals surface area contributed by atoms with Gasteiger partial charge in [-0.15, -0.1) is 0 Å². The lowest BCUT2D eigenvalue weighted by Gasteiger charge is -2.12. The van der Waals surface area contributed by atoms with Gasteiger partial charge in [-0.2, -0.15) is 0 Å². The Hall–Kier alpha value is -3.94. The molecule has 4 rings (SSSR count). The van der Waals surface area contributed by atoms with Gasteiger partial charge in [-0.3, -0.25) is 9.59 Å². The lowest BCUT2D eigenvalue weighted by Crippen LogP contribution is -2.27. The van der Waals surface area contributed by atoms with E-state index in [0.717, 1.165) is 11.1 Å². The summed E-state index contributed by atoms with van der Waals surface area (Å²) in [5, 5.41) is 2.81. The van der Waals surface area contributed by atoms with Gasteiger partial charge < -0.3 is 28.8 Å². The summed E-state index contributed by atoms with van der Waals surface area (Å²) in [5.74, 6) is 1.84. The predicted molar refractivity (Wildman–Crippen MR) is 113 cm³/mol. The van der Waals surface area contributed by atoms with Crippen LogP contribution in [0.5, 0.6) is 23.0 Å². The summed E-state index contributed by atoms with van der Waals surface area (Å²) in [6, 6.07) is 14.1. The predicted octanol–water partition coefficient (Wildman–Crippen LogP) is 2.63. The van der Waals surface area contributed by atoms with Gasteiger partial charge in [0.05, 0.1) is 13.3 Å². The zero-order valence-corrected chi connectivity index (χ0v) is 17.2. The Morgan fingerprint density at radius 1 is 1.10 bits per heavy atom. The molecule has 160 valence electrons. The molecule has 1 aromatic heterocycles. The molecule has 0 saturated heterocycles. The maximum absolute atomic E-state index is 12.6. The smallest absolute Gasteiger partial charge is 0.268 e. The van der Waals surface area contributed by atoms with Gasteiger partial charge in [0.15, 0.2) is 17.2 Å². The molecule has 2 aromatic carbocycles. The second kappa shape index (κ2) is 8.83. The number of carbonyl (C=O) groups excluding carboxylic acids is 1. The highest BCUT2D eigenvalue weighted by Gasteiger charge is 2.15. The number of aryl methyl sites for hydroxylation is 1. The van der Waals surface area contributed by atoms with Gasteiger partial charge in [0.25, 0.3) is 5.91 Å². The van der Waals surface area contributed by atoms with E-state index in [0.29, 0.717) is 17.2 Å². The molecular formula is C23H22N2O6. The quantitative estimate of drug-likeness (QED) is 0.630. The SMILES string of the molecule is COc1cccc(COc2cn(C)c(C(=O)NCc3ccc4c(c3)OCO4)cc2=O)c1. The first-order valence-electron chi connectivity index (χ1n) is 9.66. The lowest BCUT2D eigenvalue weighted by atomic mass is 10.2. The molecule has 0 aliphatic carbocycles. The van der Waals surface area contributed by atoms with E-state index < -0.39 is 0 Å². The Kier molecular flexibility index (Phi) is 5.79. The summed E-state index contributed by atoms with van der Waals surface area (Å²) in [4.78, 5) is 25.1. The number of pyridine rings is 1. The molecular weight excluding hydrogens is 400 g/mol. The second-order valence-corrected chi connectivity index (χ2v) is 7.01. The number of hydrogen-bond donors (Lipinski definition) is 1. The number of methoxy groups -OCH3 is 1. The molecule has 31 heavy (non-hydrogen) atoms. The van der Waals surface area contributed by atoms with E-state index >= 15 is 0 Å². The largest absolute Gasteiger partial charge is 0.497 e. The van der Waals surface area contributed by atoms with Gasteiger partial charge >= 0.3 is 0 Å². The lowest BCUT2D eigenvalue weighted by molar-refractivity contribution is 0.0941. The topological polar surface area (TPSA) is 88.0 Å². The number of aromatic nitrogens is 1. The van der Waals surface area contributed by atoms with Gasteiger partial charge in [0, 0.05) is 19.7 Å². The van der Waals surface area contributed by atoms with Gasteiger partial charge in [-0.05, 0) is 35.4 Å². The molecule has 8 heteroatoms. The summed E-state index contributed by atoms with van der Waals surface area (Å²) in [7, 11) is 3.28. The number of nitrogens with zero attached hydrogens (tertiary/aromatic N) is 1. The first-order chi connectivity index (χ1) is 15.0. The number of hydrogen-bond acceptors (Lipinski definition) is 6. The highest BCUT2D eigenvalue weighted by atomic mass is 16.7. The Morgan fingerprint density at radius 2 is 1.94 bits per heavy atom. The van der Waals surface area contributed by atoms with Crippen LogP contribution in [0.4, 0.5) is 0 Å². The van der Waals surface area contributed by atoms with Crippen molar-refractivity contribution >= 4 is 5.91 Å². The van der Waals surface area contributed by atoms with Crippen LogP contribution in [-0.4, -0.2) is 24.4 Å². The number of benzene rings is 2. The van der Waals surface area contributed by atoms with Crippen LogP contribution in [0.2, 0.25) is 0 Å². The molecule has 1 aliphatic rings. The van der Waals surface area contributed by atoms with Gasteiger partial charge in [0.2, 0.25) is 12.2 Å². The summed E-state index contributed by atoms with van der Waals surface area (Å²) < 4.78 is 23.0. The first-order valence-corrected chi connectivity index (χ1v) is 9.66. The summed E-state index contributed by atoms with van der Waals surface area (Å²) in [5.41, 5.74) is 1.60. The van der Waals surface area contributed by atoms with E-state index in [-0.39, 0.29) is 42.7 Å². The Morgan fingerprint density at radius 3 is 2.77 bits per heavy atom. The second-order valence-electron chi connectivity index (χ2n) is 7.01. The van der Waals surface area contributed by atoms with Crippen LogP contribution in [0.3, 0.4) is 0 Å². The highest BCUT2D eigenvalue weighted by molar-refractivity contribution is 5.92. The molecule has 0 bridgehead atoms. The molecule has 3 aromatic rings. The normalized spacial score (nSPS) is 11.8. The van der Waals surface area contributed by atoms with Crippen molar-refractivity contribution in [3.05, 3.63) is 81.8 Å². The van der Waals surface area contributed by atoms with Crippen molar-refractivity contribution < 1.29 is 23.7 Å². The van der Waals surface area contributed by atoms with E-state index in [1.807, 2.05) is 36.4 Å². The van der Waals surface area contributed by atoms with Crippen LogP contribution in [-0.2, 0) is 20.2 Å². The van der Waals surface area contributed by atoms with E-state index in [2.05, 4.69) is 5.32 Å². The number of rotatable bonds is 7. The van der Waals surface area contributed by atoms with Gasteiger partial charge in [-0.25, -0.2) is 0 Å². The molecule has 2 heterocycles. The van der Waals surface area contributed by atoms with E-state index in [1.54, 1.807) is 24.8 Å². The van der Waals surface area contributed by atoms with E-state index in [9.17, 15) is 9.59 Å². The minimum Gasteiger partial charge on any atom is -0.497 e. The van der Waals surface area contributed by atoms with Crippen molar-refractivity contribution in [2.75, 3.05) is 13.9 Å². The maximum Gasteiger partial charge on any atom is 0.268 e. The summed E-state index contributed by atoms with van der Waals surface area (Å²) in [6.45, 7) is 0.694. The van der Waals surface area contributed by atoms with Crippen LogP contribution < -0.4 is 29.7 Å². The molecule has 8 nitrogen and oxygen atoms in total. The fourth-order valence-electron chi connectivity index (χ4n) is 3.19. The Bertz CT molecular complexity index is 1170. The highest BCUT2D eigenvalue weighted by Crippen LogP contribution is 2.32. The van der Waals surface area contributed by atoms with Crippen molar-refractivity contribution in [2.24, 2.45) is 7.05 Å².